The van der Waals surface area contributed by atoms with Crippen LogP contribution in [0.5, 0.6) is 0 Å². The lowest BCUT2D eigenvalue weighted by Crippen LogP contribution is -2.20. The van der Waals surface area contributed by atoms with Gasteiger partial charge < -0.3 is 0 Å². The summed E-state index contributed by atoms with van der Waals surface area (Å²) < 4.78 is 1.56. The number of nitrogens with zero attached hydrogens (tertiary/aromatic N) is 3. The molecule has 0 radical (unpaired) electrons. The van der Waals surface area contributed by atoms with Crippen molar-refractivity contribution >= 4 is 34.1 Å². The van der Waals surface area contributed by atoms with Crippen LogP contribution in [0.1, 0.15) is 27.0 Å². The molecule has 7 nitrogen and oxygen atoms in total. The molecule has 0 spiro atoms. The van der Waals surface area contributed by atoms with Crippen molar-refractivity contribution < 1.29 is 9.72 Å². The maximum Gasteiger partial charge on any atom is 0.269 e. The molecule has 0 N–H and O–H groups in total. The van der Waals surface area contributed by atoms with Crippen molar-refractivity contribution in [3.05, 3.63) is 109 Å². The third-order valence-electron chi connectivity index (χ3n) is 5.20. The highest BCUT2D eigenvalue weighted by atomic mass is 32.2. The quantitative estimate of drug-likeness (QED) is 0.141. The molecule has 0 amide bonds. The van der Waals surface area contributed by atoms with E-state index < -0.39 is 4.92 Å². The molecule has 0 aliphatic carbocycles. The summed E-state index contributed by atoms with van der Waals surface area (Å²) in [4.78, 5) is 40.3. The van der Waals surface area contributed by atoms with Gasteiger partial charge in [0.05, 0.1) is 15.8 Å². The Balaban J connectivity index is 1.50. The molecule has 0 bridgehead atoms. The summed E-state index contributed by atoms with van der Waals surface area (Å²) in [5.74, 6) is 0.386. The van der Waals surface area contributed by atoms with Crippen LogP contribution in [0.3, 0.4) is 0 Å². The van der Waals surface area contributed by atoms with Crippen molar-refractivity contribution in [2.75, 3.05) is 0 Å². The average Bonchev–Trinajstić information content (AvgIpc) is 2.80. The van der Waals surface area contributed by atoms with E-state index >= 15 is 0 Å². The number of carbonyl (C=O) groups excluding carboxylic acids is 1. The summed E-state index contributed by atoms with van der Waals surface area (Å²) in [5.41, 5.74) is 3.33. The van der Waals surface area contributed by atoms with Gasteiger partial charge >= 0.3 is 0 Å². The number of fused-ring (bicyclic) bond motifs is 1. The zero-order valence-corrected chi connectivity index (χ0v) is 18.3. The van der Waals surface area contributed by atoms with Gasteiger partial charge in [-0.25, -0.2) is 4.98 Å². The first-order valence-corrected chi connectivity index (χ1v) is 10.8. The Labute approximate surface area is 187 Å². The minimum absolute atomic E-state index is 0.0548. The second kappa shape index (κ2) is 8.76. The summed E-state index contributed by atoms with van der Waals surface area (Å²) in [5, 5.41) is 12.0. The molecule has 0 unspecified atom stereocenters. The first kappa shape index (κ1) is 21.5. The van der Waals surface area contributed by atoms with Crippen molar-refractivity contribution in [2.24, 2.45) is 7.05 Å². The number of hydrogen-bond acceptors (Lipinski definition) is 6. The minimum atomic E-state index is -0.498. The van der Waals surface area contributed by atoms with Crippen LogP contribution in [-0.4, -0.2) is 20.3 Å². The maximum absolute atomic E-state index is 12.7. The molecular weight excluding hydrogens is 426 g/mol. The molecule has 0 fully saturated rings. The SMILES string of the molecule is Cc1cccc2nc(SCc3ccc(C(=O)c4ccc([N+](=O)[O-])cc4)cc3)n(C)c(=O)c12. The zero-order chi connectivity index (χ0) is 22.8. The molecule has 0 atom stereocenters. The fraction of sp³-hybridized carbons (Fsp3) is 0.125. The average molecular weight is 446 g/mol. The normalized spacial score (nSPS) is 10.9. The van der Waals surface area contributed by atoms with Crippen molar-refractivity contribution in [1.82, 2.24) is 9.55 Å². The van der Waals surface area contributed by atoms with Crippen LogP contribution in [0.4, 0.5) is 5.69 Å². The summed E-state index contributed by atoms with van der Waals surface area (Å²) in [6, 6.07) is 18.4. The van der Waals surface area contributed by atoms with E-state index in [0.717, 1.165) is 11.1 Å². The van der Waals surface area contributed by atoms with Gasteiger partial charge in [-0.15, -0.1) is 0 Å². The third kappa shape index (κ3) is 4.17. The van der Waals surface area contributed by atoms with Crippen LogP contribution in [0.15, 0.2) is 76.7 Å². The van der Waals surface area contributed by atoms with E-state index in [-0.39, 0.29) is 17.0 Å². The summed E-state index contributed by atoms with van der Waals surface area (Å²) in [7, 11) is 1.72. The highest BCUT2D eigenvalue weighted by Gasteiger charge is 2.13. The van der Waals surface area contributed by atoms with Crippen LogP contribution in [0.25, 0.3) is 10.9 Å². The molecule has 1 aromatic heterocycles. The van der Waals surface area contributed by atoms with Crippen LogP contribution in [0.2, 0.25) is 0 Å². The fourth-order valence-corrected chi connectivity index (χ4v) is 4.31. The second-order valence-corrected chi connectivity index (χ2v) is 8.29. The third-order valence-corrected chi connectivity index (χ3v) is 6.30. The van der Waals surface area contributed by atoms with Gasteiger partial charge in [-0.05, 0) is 36.2 Å². The van der Waals surface area contributed by atoms with Crippen LogP contribution in [0, 0.1) is 17.0 Å². The largest absolute Gasteiger partial charge is 0.290 e. The van der Waals surface area contributed by atoms with Gasteiger partial charge in [-0.3, -0.25) is 24.3 Å². The lowest BCUT2D eigenvalue weighted by atomic mass is 10.0. The Hall–Kier alpha value is -3.78. The van der Waals surface area contributed by atoms with Crippen LogP contribution >= 0.6 is 11.8 Å². The van der Waals surface area contributed by atoms with Gasteiger partial charge in [0.15, 0.2) is 10.9 Å². The molecule has 4 rings (SSSR count). The van der Waals surface area contributed by atoms with Gasteiger partial charge in [-0.2, -0.15) is 0 Å². The number of hydrogen-bond donors (Lipinski definition) is 0. The van der Waals surface area contributed by atoms with Gasteiger partial charge in [0.25, 0.3) is 11.2 Å². The molecule has 3 aromatic carbocycles. The number of non-ortho nitro benzene ring substituents is 1. The standard InChI is InChI=1S/C24H19N3O4S/c1-15-4-3-5-20-21(15)23(29)26(2)24(25-20)32-14-16-6-8-17(9-7-16)22(28)18-10-12-19(13-11-18)27(30)31/h3-13H,14H2,1-2H3. The molecule has 0 aliphatic heterocycles. The number of ketones is 1. The van der Waals surface area contributed by atoms with Gasteiger partial charge in [0, 0.05) is 36.1 Å². The lowest BCUT2D eigenvalue weighted by molar-refractivity contribution is -0.384. The Morgan fingerprint density at radius 3 is 2.28 bits per heavy atom. The molecule has 4 aromatic rings. The molecule has 1 heterocycles. The molecule has 8 heteroatoms. The highest BCUT2D eigenvalue weighted by molar-refractivity contribution is 7.98. The zero-order valence-electron chi connectivity index (χ0n) is 17.4. The minimum Gasteiger partial charge on any atom is -0.290 e. The van der Waals surface area contributed by atoms with Gasteiger partial charge in [0.2, 0.25) is 0 Å². The number of nitro groups is 1. The number of aryl methyl sites for hydroxylation is 1. The van der Waals surface area contributed by atoms with Crippen molar-refractivity contribution in [3.8, 4) is 0 Å². The van der Waals surface area contributed by atoms with E-state index in [1.165, 1.54) is 36.0 Å². The number of benzene rings is 3. The van der Waals surface area contributed by atoms with Crippen molar-refractivity contribution in [2.45, 2.75) is 17.8 Å². The highest BCUT2D eigenvalue weighted by Crippen LogP contribution is 2.23. The van der Waals surface area contributed by atoms with E-state index in [1.54, 1.807) is 23.7 Å². The fourth-order valence-electron chi connectivity index (χ4n) is 3.39. The predicted octanol–water partition coefficient (Wildman–Crippen LogP) is 4.67. The topological polar surface area (TPSA) is 95.1 Å². The number of rotatable bonds is 6. The number of thioether (sulfide) groups is 1. The van der Waals surface area contributed by atoms with Gasteiger partial charge in [0.1, 0.15) is 0 Å². The first-order chi connectivity index (χ1) is 15.3. The summed E-state index contributed by atoms with van der Waals surface area (Å²) >= 11 is 1.45. The molecule has 0 aliphatic rings. The van der Waals surface area contributed by atoms with Crippen molar-refractivity contribution in [1.29, 1.82) is 0 Å². The van der Waals surface area contributed by atoms with E-state index in [1.807, 2.05) is 37.3 Å². The van der Waals surface area contributed by atoms with E-state index in [9.17, 15) is 19.7 Å². The van der Waals surface area contributed by atoms with Crippen molar-refractivity contribution in [3.63, 3.8) is 0 Å². The maximum atomic E-state index is 12.7. The van der Waals surface area contributed by atoms with E-state index in [2.05, 4.69) is 4.98 Å². The Kier molecular flexibility index (Phi) is 5.87. The lowest BCUT2D eigenvalue weighted by Gasteiger charge is -2.10. The first-order valence-electron chi connectivity index (χ1n) is 9.82. The number of carbonyl (C=O) groups is 1. The Morgan fingerprint density at radius 1 is 1.03 bits per heavy atom. The van der Waals surface area contributed by atoms with Crippen LogP contribution < -0.4 is 5.56 Å². The number of nitro benzene ring substituents is 1. The molecule has 32 heavy (non-hydrogen) atoms. The monoisotopic (exact) mass is 445 g/mol. The number of aromatic nitrogens is 2. The Morgan fingerprint density at radius 2 is 1.66 bits per heavy atom. The molecule has 0 saturated heterocycles. The molecule has 0 saturated carbocycles. The predicted molar refractivity (Wildman–Crippen MR) is 124 cm³/mol. The van der Waals surface area contributed by atoms with E-state index in [4.69, 9.17) is 0 Å². The van der Waals surface area contributed by atoms with Crippen LogP contribution in [-0.2, 0) is 12.8 Å². The smallest absolute Gasteiger partial charge is 0.269 e. The summed E-state index contributed by atoms with van der Waals surface area (Å²) in [6.07, 6.45) is 0. The second-order valence-electron chi connectivity index (χ2n) is 7.35. The Bertz CT molecular complexity index is 1390. The van der Waals surface area contributed by atoms with E-state index in [0.29, 0.717) is 32.9 Å². The molecular formula is C24H19N3O4S. The molecule has 160 valence electrons. The van der Waals surface area contributed by atoms with Gasteiger partial charge in [-0.1, -0.05) is 48.2 Å². The summed E-state index contributed by atoms with van der Waals surface area (Å²) in [6.45, 7) is 1.90.